The molecule has 0 saturated carbocycles. The number of hydrogen-bond acceptors (Lipinski definition) is 4. The Morgan fingerprint density at radius 2 is 1.86 bits per heavy atom. The van der Waals surface area contributed by atoms with E-state index in [-0.39, 0.29) is 18.9 Å². The quantitative estimate of drug-likeness (QED) is 0.574. The predicted molar refractivity (Wildman–Crippen MR) is 78.0 cm³/mol. The average molecular weight is 294 g/mol. The fourth-order valence-electron chi connectivity index (χ4n) is 1.82. The molecule has 0 radical (unpaired) electrons. The summed E-state index contributed by atoms with van der Waals surface area (Å²) in [6.45, 7) is 5.58. The molecular weight excluding hydrogens is 272 g/mol. The van der Waals surface area contributed by atoms with E-state index in [1.54, 1.807) is 26.3 Å². The van der Waals surface area contributed by atoms with Gasteiger partial charge in [-0.1, -0.05) is 30.3 Å². The first-order chi connectivity index (χ1) is 9.81. The summed E-state index contributed by atoms with van der Waals surface area (Å²) in [5.74, 6) is -0.749. The molecule has 1 aromatic carbocycles. The first-order valence-electron chi connectivity index (χ1n) is 6.76. The van der Waals surface area contributed by atoms with Crippen molar-refractivity contribution in [1.29, 1.82) is 0 Å². The first-order valence-corrected chi connectivity index (χ1v) is 6.76. The topological polar surface area (TPSA) is 87.7 Å². The summed E-state index contributed by atoms with van der Waals surface area (Å²) in [7, 11) is 0. The van der Waals surface area contributed by atoms with Crippen molar-refractivity contribution < 1.29 is 19.5 Å². The van der Waals surface area contributed by atoms with Crippen LogP contribution < -0.4 is 10.8 Å². The van der Waals surface area contributed by atoms with Crippen molar-refractivity contribution in [3.8, 4) is 0 Å². The number of alkyl carbamates (subject to hydrolysis) is 1. The molecule has 0 aliphatic rings. The maximum Gasteiger partial charge on any atom is 0.407 e. The van der Waals surface area contributed by atoms with E-state index in [0.717, 1.165) is 5.56 Å². The summed E-state index contributed by atoms with van der Waals surface area (Å²) >= 11 is 0. The van der Waals surface area contributed by atoms with Gasteiger partial charge >= 0.3 is 6.09 Å². The number of hydroxylamine groups is 1. The normalized spacial score (nSPS) is 12.4. The Morgan fingerprint density at radius 1 is 1.24 bits per heavy atom. The van der Waals surface area contributed by atoms with Gasteiger partial charge in [-0.25, -0.2) is 10.3 Å². The highest BCUT2D eigenvalue weighted by Crippen LogP contribution is 2.19. The van der Waals surface area contributed by atoms with E-state index in [4.69, 9.17) is 9.94 Å². The van der Waals surface area contributed by atoms with E-state index in [1.165, 1.54) is 0 Å². The third-order valence-electron chi connectivity index (χ3n) is 2.72. The van der Waals surface area contributed by atoms with Crippen LogP contribution in [0, 0.1) is 0 Å². The highest BCUT2D eigenvalue weighted by atomic mass is 16.6. The van der Waals surface area contributed by atoms with E-state index in [1.807, 2.05) is 30.3 Å². The van der Waals surface area contributed by atoms with Crippen LogP contribution in [0.3, 0.4) is 0 Å². The van der Waals surface area contributed by atoms with Crippen molar-refractivity contribution in [3.05, 3.63) is 35.9 Å². The molecule has 0 bridgehead atoms. The number of carbonyl (C=O) groups excluding carboxylic acids is 2. The van der Waals surface area contributed by atoms with E-state index in [9.17, 15) is 9.59 Å². The summed E-state index contributed by atoms with van der Waals surface area (Å²) in [5.41, 5.74) is 1.93. The Kier molecular flexibility index (Phi) is 6.17. The monoisotopic (exact) mass is 294 g/mol. The van der Waals surface area contributed by atoms with Gasteiger partial charge < -0.3 is 10.1 Å². The summed E-state index contributed by atoms with van der Waals surface area (Å²) in [6, 6.07) is 9.31. The van der Waals surface area contributed by atoms with E-state index in [2.05, 4.69) is 5.32 Å². The molecule has 1 atom stereocenters. The number of rotatable bonds is 5. The van der Waals surface area contributed by atoms with Crippen LogP contribution in [0.4, 0.5) is 4.79 Å². The van der Waals surface area contributed by atoms with E-state index in [0.29, 0.717) is 0 Å². The zero-order chi connectivity index (χ0) is 15.9. The molecule has 0 spiro atoms. The fourth-order valence-corrected chi connectivity index (χ4v) is 1.82. The lowest BCUT2D eigenvalue weighted by Crippen LogP contribution is -2.35. The molecule has 0 fully saturated rings. The van der Waals surface area contributed by atoms with Crippen LogP contribution in [0.15, 0.2) is 30.3 Å². The smallest absolute Gasteiger partial charge is 0.407 e. The van der Waals surface area contributed by atoms with Crippen LogP contribution in [0.25, 0.3) is 0 Å². The summed E-state index contributed by atoms with van der Waals surface area (Å²) < 4.78 is 5.16. The van der Waals surface area contributed by atoms with Gasteiger partial charge in [-0.2, -0.15) is 0 Å². The Morgan fingerprint density at radius 3 is 2.38 bits per heavy atom. The second-order valence-corrected chi connectivity index (χ2v) is 5.73. The molecule has 6 heteroatoms. The molecule has 2 amide bonds. The molecule has 0 heterocycles. The fraction of sp³-hybridized carbons (Fsp3) is 0.467. The van der Waals surface area contributed by atoms with Gasteiger partial charge in [0.1, 0.15) is 5.60 Å². The molecule has 6 nitrogen and oxygen atoms in total. The molecule has 0 aromatic heterocycles. The SMILES string of the molecule is CC(C)(C)OC(=O)NCC(CC(=O)NO)c1ccccc1. The predicted octanol–water partition coefficient (Wildman–Crippen LogP) is 2.19. The highest BCUT2D eigenvalue weighted by molar-refractivity contribution is 5.75. The summed E-state index contributed by atoms with van der Waals surface area (Å²) in [4.78, 5) is 23.0. The third kappa shape index (κ3) is 6.76. The lowest BCUT2D eigenvalue weighted by atomic mass is 9.95. The minimum atomic E-state index is -0.575. The summed E-state index contributed by atoms with van der Waals surface area (Å²) in [6.07, 6.45) is -0.469. The van der Waals surface area contributed by atoms with Crippen molar-refractivity contribution in [2.75, 3.05) is 6.54 Å². The van der Waals surface area contributed by atoms with Gasteiger partial charge in [-0.05, 0) is 26.3 Å². The van der Waals surface area contributed by atoms with Crippen molar-refractivity contribution in [1.82, 2.24) is 10.8 Å². The molecule has 21 heavy (non-hydrogen) atoms. The average Bonchev–Trinajstić information content (AvgIpc) is 2.42. The Balaban J connectivity index is 2.66. The minimum Gasteiger partial charge on any atom is -0.444 e. The van der Waals surface area contributed by atoms with E-state index >= 15 is 0 Å². The largest absolute Gasteiger partial charge is 0.444 e. The van der Waals surface area contributed by atoms with E-state index < -0.39 is 17.6 Å². The number of benzene rings is 1. The molecule has 0 aliphatic heterocycles. The number of ether oxygens (including phenoxy) is 1. The molecule has 0 aliphatic carbocycles. The number of nitrogens with one attached hydrogen (secondary N) is 2. The molecule has 0 saturated heterocycles. The van der Waals surface area contributed by atoms with Gasteiger partial charge in [0.25, 0.3) is 0 Å². The molecule has 1 unspecified atom stereocenters. The first kappa shape index (κ1) is 17.0. The van der Waals surface area contributed by atoms with Gasteiger partial charge in [-0.15, -0.1) is 0 Å². The van der Waals surface area contributed by atoms with Crippen LogP contribution >= 0.6 is 0 Å². The van der Waals surface area contributed by atoms with Crippen LogP contribution in [0.2, 0.25) is 0 Å². The maximum absolute atomic E-state index is 11.7. The Hall–Kier alpha value is -2.08. The van der Waals surface area contributed by atoms with Gasteiger partial charge in [-0.3, -0.25) is 10.0 Å². The number of hydrogen-bond donors (Lipinski definition) is 3. The van der Waals surface area contributed by atoms with Crippen molar-refractivity contribution >= 4 is 12.0 Å². The molecule has 3 N–H and O–H groups in total. The van der Waals surface area contributed by atoms with Crippen molar-refractivity contribution in [2.24, 2.45) is 0 Å². The Bertz CT molecular complexity index is 468. The molecule has 1 aromatic rings. The second-order valence-electron chi connectivity index (χ2n) is 5.73. The number of amides is 2. The van der Waals surface area contributed by atoms with Gasteiger partial charge in [0, 0.05) is 18.9 Å². The van der Waals surface area contributed by atoms with Crippen molar-refractivity contribution in [3.63, 3.8) is 0 Å². The zero-order valence-electron chi connectivity index (χ0n) is 12.6. The lowest BCUT2D eigenvalue weighted by Gasteiger charge is -2.22. The van der Waals surface area contributed by atoms with Gasteiger partial charge in [0.05, 0.1) is 0 Å². The zero-order valence-corrected chi connectivity index (χ0v) is 12.6. The summed E-state index contributed by atoms with van der Waals surface area (Å²) in [5, 5.41) is 11.3. The minimum absolute atomic E-state index is 0.0658. The maximum atomic E-state index is 11.7. The van der Waals surface area contributed by atoms with Gasteiger partial charge in [0.15, 0.2) is 0 Å². The van der Waals surface area contributed by atoms with Gasteiger partial charge in [0.2, 0.25) is 5.91 Å². The standard InChI is InChI=1S/C15H22N2O4/c1-15(2,3)21-14(19)16-10-12(9-13(18)17-20)11-7-5-4-6-8-11/h4-8,12,20H,9-10H2,1-3H3,(H,16,19)(H,17,18). The third-order valence-corrected chi connectivity index (χ3v) is 2.72. The molecule has 116 valence electrons. The second kappa shape index (κ2) is 7.64. The van der Waals surface area contributed by atoms with Crippen LogP contribution in [0.5, 0.6) is 0 Å². The lowest BCUT2D eigenvalue weighted by molar-refractivity contribution is -0.129. The Labute approximate surface area is 124 Å². The number of carbonyl (C=O) groups is 2. The highest BCUT2D eigenvalue weighted by Gasteiger charge is 2.20. The van der Waals surface area contributed by atoms with Crippen LogP contribution in [-0.2, 0) is 9.53 Å². The molecular formula is C15H22N2O4. The molecule has 1 rings (SSSR count). The van der Waals surface area contributed by atoms with Crippen LogP contribution in [-0.4, -0.2) is 29.4 Å². The van der Waals surface area contributed by atoms with Crippen molar-refractivity contribution in [2.45, 2.75) is 38.7 Å². The van der Waals surface area contributed by atoms with Crippen LogP contribution in [0.1, 0.15) is 38.7 Å².